The zero-order valence-electron chi connectivity index (χ0n) is 18.1. The van der Waals surface area contributed by atoms with Crippen LogP contribution >= 0.6 is 11.8 Å². The Balaban J connectivity index is 1.75. The van der Waals surface area contributed by atoms with Crippen molar-refractivity contribution in [1.29, 1.82) is 0 Å². The van der Waals surface area contributed by atoms with Gasteiger partial charge in [0, 0.05) is 0 Å². The van der Waals surface area contributed by atoms with Crippen LogP contribution in [0.1, 0.15) is 18.9 Å². The van der Waals surface area contributed by atoms with E-state index in [-0.39, 0.29) is 34.6 Å². The van der Waals surface area contributed by atoms with Gasteiger partial charge in [-0.2, -0.15) is 13.5 Å². The van der Waals surface area contributed by atoms with Crippen molar-refractivity contribution in [2.24, 2.45) is 10.2 Å². The quantitative estimate of drug-likeness (QED) is 0.280. The summed E-state index contributed by atoms with van der Waals surface area (Å²) in [6, 6.07) is 10.3. The molecule has 13 heteroatoms. The van der Waals surface area contributed by atoms with E-state index in [9.17, 15) is 18.0 Å². The Morgan fingerprint density at radius 3 is 2.59 bits per heavy atom. The first kappa shape index (κ1) is 25.1. The summed E-state index contributed by atoms with van der Waals surface area (Å²) >= 11 is 0.978. The first-order valence-electron chi connectivity index (χ1n) is 9.87. The molecule has 0 saturated carbocycles. The molecule has 2 aromatic rings. The lowest BCUT2D eigenvalue weighted by Crippen LogP contribution is -2.26. The minimum absolute atomic E-state index is 0.00347. The Bertz CT molecular complexity index is 1230. The van der Waals surface area contributed by atoms with Gasteiger partial charge in [0.15, 0.2) is 16.7 Å². The number of nitrogens with zero attached hydrogens (tertiary/aromatic N) is 2. The van der Waals surface area contributed by atoms with E-state index in [0.29, 0.717) is 11.3 Å². The normalized spacial score (nSPS) is 17.1. The van der Waals surface area contributed by atoms with Crippen LogP contribution in [0.2, 0.25) is 0 Å². The molecule has 0 bridgehead atoms. The van der Waals surface area contributed by atoms with Crippen molar-refractivity contribution in [3.05, 3.63) is 48.0 Å². The molecule has 2 aromatic carbocycles. The van der Waals surface area contributed by atoms with Gasteiger partial charge in [-0.3, -0.25) is 9.59 Å². The van der Waals surface area contributed by atoms with Crippen molar-refractivity contribution in [2.45, 2.75) is 23.5 Å². The Morgan fingerprint density at radius 1 is 1.21 bits per heavy atom. The van der Waals surface area contributed by atoms with E-state index >= 15 is 0 Å². The smallest absolute Gasteiger partial charge is 0.339 e. The van der Waals surface area contributed by atoms with Crippen molar-refractivity contribution >= 4 is 45.1 Å². The molecular formula is C21H21N3O8S2. The first-order valence-corrected chi connectivity index (χ1v) is 12.2. The van der Waals surface area contributed by atoms with Crippen LogP contribution in [-0.4, -0.2) is 55.7 Å². The summed E-state index contributed by atoms with van der Waals surface area (Å²) in [5.74, 6) is -0.844. The number of ether oxygens (including phenoxy) is 2. The predicted octanol–water partition coefficient (Wildman–Crippen LogP) is 2.26. The number of hydrogen-bond acceptors (Lipinski definition) is 10. The second-order valence-electron chi connectivity index (χ2n) is 6.70. The molecule has 1 fully saturated rings. The monoisotopic (exact) mass is 507 g/mol. The van der Waals surface area contributed by atoms with Gasteiger partial charge in [-0.25, -0.2) is 0 Å². The van der Waals surface area contributed by atoms with Gasteiger partial charge < -0.3 is 24.1 Å². The topological polar surface area (TPSA) is 153 Å². The molecule has 0 aliphatic carbocycles. The molecule has 34 heavy (non-hydrogen) atoms. The highest BCUT2D eigenvalue weighted by molar-refractivity contribution is 8.15. The van der Waals surface area contributed by atoms with Gasteiger partial charge in [0.2, 0.25) is 5.91 Å². The number of amidine groups is 1. The summed E-state index contributed by atoms with van der Waals surface area (Å²) < 4.78 is 41.1. The highest BCUT2D eigenvalue weighted by atomic mass is 32.2. The summed E-state index contributed by atoms with van der Waals surface area (Å²) in [5, 5.41) is 18.5. The second-order valence-corrected chi connectivity index (χ2v) is 9.43. The highest BCUT2D eigenvalue weighted by Gasteiger charge is 2.32. The number of methoxy groups -OCH3 is 1. The van der Waals surface area contributed by atoms with Gasteiger partial charge in [-0.05, 0) is 55.0 Å². The zero-order chi connectivity index (χ0) is 24.7. The van der Waals surface area contributed by atoms with Crippen LogP contribution in [0.15, 0.2) is 57.6 Å². The number of carboxylic acids is 1. The molecule has 1 heterocycles. The summed E-state index contributed by atoms with van der Waals surface area (Å²) in [6.07, 6.45) is 1.05. The molecule has 1 saturated heterocycles. The SMILES string of the molecule is CCOc1cc(/C=N/N=C2\NC(=O)C(CC(=O)O)S2)ccc1OS(=O)(=O)c1ccc(OC)cc1. The van der Waals surface area contributed by atoms with E-state index in [2.05, 4.69) is 15.5 Å². The van der Waals surface area contributed by atoms with Crippen LogP contribution in [0.3, 0.4) is 0 Å². The molecule has 0 radical (unpaired) electrons. The predicted molar refractivity (Wildman–Crippen MR) is 125 cm³/mol. The molecule has 1 atom stereocenters. The van der Waals surface area contributed by atoms with Gasteiger partial charge in [0.05, 0.1) is 26.4 Å². The van der Waals surface area contributed by atoms with Crippen LogP contribution in [0.25, 0.3) is 0 Å². The van der Waals surface area contributed by atoms with E-state index in [1.807, 2.05) is 0 Å². The zero-order valence-corrected chi connectivity index (χ0v) is 19.8. The minimum atomic E-state index is -4.11. The molecule has 1 aliphatic heterocycles. The number of benzene rings is 2. The number of thioether (sulfide) groups is 1. The number of carbonyl (C=O) groups excluding carboxylic acids is 1. The van der Waals surface area contributed by atoms with E-state index in [1.54, 1.807) is 13.0 Å². The van der Waals surface area contributed by atoms with E-state index in [0.717, 1.165) is 11.8 Å². The molecule has 0 aromatic heterocycles. The molecule has 3 rings (SSSR count). The fourth-order valence-corrected chi connectivity index (χ4v) is 4.60. The van der Waals surface area contributed by atoms with Crippen LogP contribution in [-0.2, 0) is 19.7 Å². The number of rotatable bonds is 10. The third-order valence-corrected chi connectivity index (χ3v) is 6.63. The average Bonchev–Trinajstić information content (AvgIpc) is 3.13. The highest BCUT2D eigenvalue weighted by Crippen LogP contribution is 2.31. The largest absolute Gasteiger partial charge is 0.497 e. The number of carboxylic acid groups (broad SMARTS) is 1. The summed E-state index contributed by atoms with van der Waals surface area (Å²) in [5.41, 5.74) is 0.526. The Morgan fingerprint density at radius 2 is 1.94 bits per heavy atom. The lowest BCUT2D eigenvalue weighted by Gasteiger charge is -2.12. The Labute approximate surface area is 199 Å². The van der Waals surface area contributed by atoms with Crippen LogP contribution in [0, 0.1) is 0 Å². The molecule has 180 valence electrons. The van der Waals surface area contributed by atoms with E-state index in [4.69, 9.17) is 18.8 Å². The van der Waals surface area contributed by atoms with Crippen molar-refractivity contribution in [1.82, 2.24) is 5.32 Å². The lowest BCUT2D eigenvalue weighted by atomic mass is 10.2. The molecule has 1 unspecified atom stereocenters. The van der Waals surface area contributed by atoms with E-state index < -0.39 is 27.2 Å². The average molecular weight is 508 g/mol. The third kappa shape index (κ3) is 6.48. The lowest BCUT2D eigenvalue weighted by molar-refractivity contribution is -0.138. The molecule has 0 spiro atoms. The summed E-state index contributed by atoms with van der Waals surface area (Å²) in [7, 11) is -2.64. The Hall–Kier alpha value is -3.58. The fourth-order valence-electron chi connectivity index (χ4n) is 2.74. The first-order chi connectivity index (χ1) is 16.2. The number of amides is 1. The van der Waals surface area contributed by atoms with Gasteiger partial charge in [0.25, 0.3) is 0 Å². The molecule has 11 nitrogen and oxygen atoms in total. The number of nitrogens with one attached hydrogen (secondary N) is 1. The van der Waals surface area contributed by atoms with Crippen molar-refractivity contribution in [3.63, 3.8) is 0 Å². The van der Waals surface area contributed by atoms with Crippen molar-refractivity contribution < 1.29 is 36.8 Å². The van der Waals surface area contributed by atoms with Crippen LogP contribution < -0.4 is 19.0 Å². The maximum atomic E-state index is 12.6. The third-order valence-electron chi connectivity index (χ3n) is 4.31. The van der Waals surface area contributed by atoms with Gasteiger partial charge in [0.1, 0.15) is 15.9 Å². The van der Waals surface area contributed by atoms with E-state index in [1.165, 1.54) is 49.7 Å². The minimum Gasteiger partial charge on any atom is -0.497 e. The van der Waals surface area contributed by atoms with Crippen molar-refractivity contribution in [3.8, 4) is 17.2 Å². The van der Waals surface area contributed by atoms with Gasteiger partial charge in [-0.15, -0.1) is 5.10 Å². The van der Waals surface area contributed by atoms with Crippen molar-refractivity contribution in [2.75, 3.05) is 13.7 Å². The summed E-state index contributed by atoms with van der Waals surface area (Å²) in [4.78, 5) is 22.5. The van der Waals surface area contributed by atoms with Gasteiger partial charge >= 0.3 is 16.1 Å². The summed E-state index contributed by atoms with van der Waals surface area (Å²) in [6.45, 7) is 2.00. The number of aliphatic carboxylic acids is 1. The second kappa shape index (κ2) is 11.0. The molecule has 1 amide bonds. The number of carbonyl (C=O) groups is 2. The van der Waals surface area contributed by atoms with Crippen LogP contribution in [0.5, 0.6) is 17.2 Å². The van der Waals surface area contributed by atoms with Gasteiger partial charge in [-0.1, -0.05) is 11.8 Å². The Kier molecular flexibility index (Phi) is 8.12. The molecule has 2 N–H and O–H groups in total. The molecule has 1 aliphatic rings. The maximum Gasteiger partial charge on any atom is 0.339 e. The fraction of sp³-hybridized carbons (Fsp3) is 0.238. The standard InChI is InChI=1S/C21H21N3O8S2/c1-3-31-17-10-13(12-22-24-21-23-20(27)18(33-21)11-19(25)26)4-9-16(17)32-34(28,29)15-7-5-14(30-2)6-8-15/h4-10,12,18H,3,11H2,1-2H3,(H,25,26)(H,23,24,27)/b22-12+. The maximum absolute atomic E-state index is 12.6. The molecular weight excluding hydrogens is 486 g/mol. The number of hydrogen-bond donors (Lipinski definition) is 2. The van der Waals surface area contributed by atoms with Crippen LogP contribution in [0.4, 0.5) is 0 Å².